The lowest BCUT2D eigenvalue weighted by Gasteiger charge is -2.21. The van der Waals surface area contributed by atoms with Crippen LogP contribution < -0.4 is 0 Å². The van der Waals surface area contributed by atoms with E-state index in [1.54, 1.807) is 0 Å². The lowest BCUT2D eigenvalue weighted by atomic mass is 10.0. The molecular formula is C6H5F6N. The average molecular weight is 205 g/mol. The van der Waals surface area contributed by atoms with E-state index in [2.05, 4.69) is 0 Å². The number of halogens is 6. The molecule has 0 fully saturated rings. The minimum Gasteiger partial charge on any atom is -0.198 e. The molecule has 0 unspecified atom stereocenters. The van der Waals surface area contributed by atoms with E-state index in [0.717, 1.165) is 0 Å². The third-order valence-electron chi connectivity index (χ3n) is 1.34. The summed E-state index contributed by atoms with van der Waals surface area (Å²) in [5.74, 6) is -3.39. The topological polar surface area (TPSA) is 23.8 Å². The van der Waals surface area contributed by atoms with Gasteiger partial charge in [-0.15, -0.1) is 0 Å². The van der Waals surface area contributed by atoms with E-state index in [-0.39, 0.29) is 0 Å². The van der Waals surface area contributed by atoms with Crippen molar-refractivity contribution in [2.75, 3.05) is 0 Å². The number of rotatable bonds is 2. The molecule has 0 saturated heterocycles. The van der Waals surface area contributed by atoms with Crippen LogP contribution >= 0.6 is 0 Å². The molecule has 7 heteroatoms. The summed E-state index contributed by atoms with van der Waals surface area (Å²) >= 11 is 0. The highest BCUT2D eigenvalue weighted by Crippen LogP contribution is 2.41. The van der Waals surface area contributed by atoms with Crippen LogP contribution in [0.1, 0.15) is 12.8 Å². The summed E-state index contributed by atoms with van der Waals surface area (Å²) in [6, 6.07) is 1.24. The van der Waals surface area contributed by atoms with Gasteiger partial charge in [0.05, 0.1) is 6.07 Å². The number of alkyl halides is 6. The van der Waals surface area contributed by atoms with E-state index < -0.39 is 31.1 Å². The fourth-order valence-corrected chi connectivity index (χ4v) is 0.722. The van der Waals surface area contributed by atoms with Crippen LogP contribution in [-0.2, 0) is 0 Å². The third-order valence-corrected chi connectivity index (χ3v) is 1.34. The molecule has 0 amide bonds. The molecule has 0 heterocycles. The SMILES string of the molecule is N#CCCC(C(F)(F)F)C(F)(F)F. The van der Waals surface area contributed by atoms with Gasteiger partial charge < -0.3 is 0 Å². The van der Waals surface area contributed by atoms with Gasteiger partial charge in [-0.1, -0.05) is 0 Å². The summed E-state index contributed by atoms with van der Waals surface area (Å²) in [7, 11) is 0. The van der Waals surface area contributed by atoms with Gasteiger partial charge in [0.15, 0.2) is 5.92 Å². The van der Waals surface area contributed by atoms with Gasteiger partial charge in [0.2, 0.25) is 0 Å². The summed E-state index contributed by atoms with van der Waals surface area (Å²) in [5, 5.41) is 7.86. The van der Waals surface area contributed by atoms with E-state index in [4.69, 9.17) is 5.26 Å². The van der Waals surface area contributed by atoms with Gasteiger partial charge in [-0.3, -0.25) is 0 Å². The van der Waals surface area contributed by atoms with Crippen LogP contribution in [-0.4, -0.2) is 12.4 Å². The largest absolute Gasteiger partial charge is 0.400 e. The van der Waals surface area contributed by atoms with Crippen molar-refractivity contribution >= 4 is 0 Å². The first kappa shape index (κ1) is 12.1. The Kier molecular flexibility index (Phi) is 3.58. The van der Waals surface area contributed by atoms with Crippen molar-refractivity contribution in [3.05, 3.63) is 0 Å². The van der Waals surface area contributed by atoms with Gasteiger partial charge in [-0.2, -0.15) is 31.6 Å². The summed E-state index contributed by atoms with van der Waals surface area (Å²) in [4.78, 5) is 0. The molecule has 0 aliphatic heterocycles. The second kappa shape index (κ2) is 3.85. The van der Waals surface area contributed by atoms with E-state index in [0.29, 0.717) is 0 Å². The lowest BCUT2D eigenvalue weighted by molar-refractivity contribution is -0.285. The van der Waals surface area contributed by atoms with Gasteiger partial charge in [0.25, 0.3) is 0 Å². The van der Waals surface area contributed by atoms with Crippen molar-refractivity contribution in [2.24, 2.45) is 5.92 Å². The normalized spacial score (nSPS) is 13.1. The highest BCUT2D eigenvalue weighted by Gasteiger charge is 2.55. The van der Waals surface area contributed by atoms with Crippen molar-refractivity contribution < 1.29 is 26.3 Å². The molecule has 0 aromatic heterocycles. The van der Waals surface area contributed by atoms with Gasteiger partial charge in [-0.25, -0.2) is 0 Å². The van der Waals surface area contributed by atoms with Crippen molar-refractivity contribution in [3.8, 4) is 6.07 Å². The molecular weight excluding hydrogens is 200 g/mol. The zero-order valence-corrected chi connectivity index (χ0v) is 6.21. The number of hydrogen-bond acceptors (Lipinski definition) is 1. The van der Waals surface area contributed by atoms with Crippen LogP contribution in [0.25, 0.3) is 0 Å². The summed E-state index contributed by atoms with van der Waals surface area (Å²) in [6.45, 7) is 0. The third kappa shape index (κ3) is 4.01. The van der Waals surface area contributed by atoms with Crippen molar-refractivity contribution in [1.82, 2.24) is 0 Å². The monoisotopic (exact) mass is 205 g/mol. The maximum absolute atomic E-state index is 11.7. The minimum absolute atomic E-state index is 0.760. The van der Waals surface area contributed by atoms with Crippen LogP contribution in [0.15, 0.2) is 0 Å². The van der Waals surface area contributed by atoms with E-state index in [9.17, 15) is 26.3 Å². The molecule has 1 nitrogen and oxygen atoms in total. The Labute approximate surface area is 69.9 Å². The summed E-state index contributed by atoms with van der Waals surface area (Å²) in [6.07, 6.45) is -12.6. The molecule has 0 saturated carbocycles. The molecule has 0 N–H and O–H groups in total. The standard InChI is InChI=1S/C6H5F6N/c7-5(8,9)4(2-1-3-13)6(10,11)12/h4H,1-2H2. The molecule has 0 aliphatic carbocycles. The molecule has 13 heavy (non-hydrogen) atoms. The Morgan fingerprint density at radius 3 is 1.62 bits per heavy atom. The van der Waals surface area contributed by atoms with Gasteiger partial charge in [0, 0.05) is 6.42 Å². The van der Waals surface area contributed by atoms with Crippen LogP contribution in [0.2, 0.25) is 0 Å². The van der Waals surface area contributed by atoms with Crippen LogP contribution in [0.5, 0.6) is 0 Å². The average Bonchev–Trinajstić information content (AvgIpc) is 1.81. The Bertz CT molecular complexity index is 183. The molecule has 0 radical (unpaired) electrons. The van der Waals surface area contributed by atoms with Gasteiger partial charge in [0.1, 0.15) is 0 Å². The first-order chi connectivity index (χ1) is 5.69. The lowest BCUT2D eigenvalue weighted by Crippen LogP contribution is -2.36. The minimum atomic E-state index is -5.32. The molecule has 0 atom stereocenters. The smallest absolute Gasteiger partial charge is 0.198 e. The van der Waals surface area contributed by atoms with Gasteiger partial charge >= 0.3 is 12.4 Å². The predicted octanol–water partition coefficient (Wildman–Crippen LogP) is 3.03. The maximum atomic E-state index is 11.7. The van der Waals surface area contributed by atoms with Gasteiger partial charge in [-0.05, 0) is 6.42 Å². The van der Waals surface area contributed by atoms with Crippen LogP contribution in [0.4, 0.5) is 26.3 Å². The van der Waals surface area contributed by atoms with Crippen molar-refractivity contribution in [3.63, 3.8) is 0 Å². The predicted molar refractivity (Wildman–Crippen MR) is 30.4 cm³/mol. The molecule has 0 aliphatic rings. The first-order valence-electron chi connectivity index (χ1n) is 3.20. The number of nitrogens with zero attached hydrogens (tertiary/aromatic N) is 1. The molecule has 0 bridgehead atoms. The molecule has 0 aromatic carbocycles. The van der Waals surface area contributed by atoms with E-state index in [1.165, 1.54) is 6.07 Å². The highest BCUT2D eigenvalue weighted by molar-refractivity contribution is 4.80. The highest BCUT2D eigenvalue weighted by atomic mass is 19.4. The Hall–Kier alpha value is -0.930. The fourth-order valence-electron chi connectivity index (χ4n) is 0.722. The van der Waals surface area contributed by atoms with Crippen LogP contribution in [0.3, 0.4) is 0 Å². The van der Waals surface area contributed by atoms with E-state index >= 15 is 0 Å². The first-order valence-corrected chi connectivity index (χ1v) is 3.20. The zero-order chi connectivity index (χ0) is 10.7. The quantitative estimate of drug-likeness (QED) is 0.635. The molecule has 0 spiro atoms. The second-order valence-corrected chi connectivity index (χ2v) is 2.33. The zero-order valence-electron chi connectivity index (χ0n) is 6.21. The summed E-state index contributed by atoms with van der Waals surface area (Å²) < 4.78 is 70.3. The number of nitriles is 1. The Morgan fingerprint density at radius 1 is 1.00 bits per heavy atom. The van der Waals surface area contributed by atoms with Crippen LogP contribution in [0, 0.1) is 17.2 Å². The maximum Gasteiger partial charge on any atom is 0.400 e. The molecule has 0 aromatic rings. The fraction of sp³-hybridized carbons (Fsp3) is 0.833. The summed E-state index contributed by atoms with van der Waals surface area (Å²) in [5.41, 5.74) is 0. The molecule has 0 rings (SSSR count). The second-order valence-electron chi connectivity index (χ2n) is 2.33. The Balaban J connectivity index is 4.50. The number of hydrogen-bond donors (Lipinski definition) is 0. The van der Waals surface area contributed by atoms with E-state index in [1.807, 2.05) is 0 Å². The molecule has 76 valence electrons. The van der Waals surface area contributed by atoms with Crippen molar-refractivity contribution in [2.45, 2.75) is 25.2 Å². The van der Waals surface area contributed by atoms with Crippen molar-refractivity contribution in [1.29, 1.82) is 5.26 Å². The Morgan fingerprint density at radius 2 is 1.38 bits per heavy atom.